The van der Waals surface area contributed by atoms with E-state index in [2.05, 4.69) is 5.32 Å². The van der Waals surface area contributed by atoms with Gasteiger partial charge < -0.3 is 9.15 Å². The van der Waals surface area contributed by atoms with Crippen LogP contribution < -0.4 is 10.2 Å². The summed E-state index contributed by atoms with van der Waals surface area (Å²) in [7, 11) is 1.32. The molecule has 2 heterocycles. The van der Waals surface area contributed by atoms with Crippen molar-refractivity contribution in [2.24, 2.45) is 0 Å². The van der Waals surface area contributed by atoms with E-state index >= 15 is 0 Å². The molecular weight excluding hydrogens is 428 g/mol. The van der Waals surface area contributed by atoms with Crippen LogP contribution in [0.15, 0.2) is 70.7 Å². The van der Waals surface area contributed by atoms with Crippen LogP contribution in [0.3, 0.4) is 0 Å². The van der Waals surface area contributed by atoms with Gasteiger partial charge >= 0.3 is 5.97 Å². The molecule has 32 heavy (non-hydrogen) atoms. The molecule has 1 aliphatic heterocycles. The lowest BCUT2D eigenvalue weighted by Crippen LogP contribution is -2.54. The van der Waals surface area contributed by atoms with E-state index in [-0.39, 0.29) is 10.7 Å². The Morgan fingerprint density at radius 1 is 1.06 bits per heavy atom. The molecule has 0 spiro atoms. The lowest BCUT2D eigenvalue weighted by atomic mass is 10.1. The zero-order valence-corrected chi connectivity index (χ0v) is 18.1. The number of carbonyl (C=O) groups excluding carboxylic acids is 3. The van der Waals surface area contributed by atoms with Gasteiger partial charge in [0.15, 0.2) is 5.11 Å². The fourth-order valence-electron chi connectivity index (χ4n) is 3.31. The highest BCUT2D eigenvalue weighted by molar-refractivity contribution is 7.80. The van der Waals surface area contributed by atoms with Crippen molar-refractivity contribution in [2.75, 3.05) is 12.0 Å². The van der Waals surface area contributed by atoms with Crippen LogP contribution >= 0.6 is 12.2 Å². The summed E-state index contributed by atoms with van der Waals surface area (Å²) >= 11 is 5.24. The van der Waals surface area contributed by atoms with Crippen molar-refractivity contribution in [1.82, 2.24) is 5.32 Å². The second-order valence-electron chi connectivity index (χ2n) is 7.02. The van der Waals surface area contributed by atoms with E-state index in [0.717, 1.165) is 11.1 Å². The molecule has 1 N–H and O–H groups in total. The van der Waals surface area contributed by atoms with Crippen molar-refractivity contribution in [1.29, 1.82) is 0 Å². The predicted molar refractivity (Wildman–Crippen MR) is 123 cm³/mol. The van der Waals surface area contributed by atoms with E-state index in [1.807, 2.05) is 19.1 Å². The molecule has 2 aromatic carbocycles. The SMILES string of the molecule is COC(=O)c1ccc(-c2ccc(C=C3C(=O)NC(=S)N(c4ccccc4C)C3=O)o2)cc1. The summed E-state index contributed by atoms with van der Waals surface area (Å²) in [6.45, 7) is 1.86. The largest absolute Gasteiger partial charge is 0.465 e. The minimum Gasteiger partial charge on any atom is -0.465 e. The van der Waals surface area contributed by atoms with Gasteiger partial charge in [-0.25, -0.2) is 4.79 Å². The van der Waals surface area contributed by atoms with Gasteiger partial charge in [0.25, 0.3) is 11.8 Å². The van der Waals surface area contributed by atoms with E-state index < -0.39 is 17.8 Å². The summed E-state index contributed by atoms with van der Waals surface area (Å²) in [6, 6.07) is 17.3. The number of hydrogen-bond acceptors (Lipinski definition) is 6. The molecule has 1 fully saturated rings. The highest BCUT2D eigenvalue weighted by atomic mass is 32.1. The van der Waals surface area contributed by atoms with Crippen LogP contribution in [-0.2, 0) is 14.3 Å². The molecule has 2 amide bonds. The maximum absolute atomic E-state index is 13.1. The number of ether oxygens (including phenoxy) is 1. The molecular formula is C24H18N2O5S. The van der Waals surface area contributed by atoms with Crippen LogP contribution in [0, 0.1) is 6.92 Å². The van der Waals surface area contributed by atoms with Gasteiger partial charge in [0.05, 0.1) is 18.4 Å². The minimum atomic E-state index is -0.592. The number of rotatable bonds is 4. The second-order valence-corrected chi connectivity index (χ2v) is 7.40. The Morgan fingerprint density at radius 3 is 2.47 bits per heavy atom. The molecule has 1 aromatic heterocycles. The Labute approximate surface area is 189 Å². The second kappa shape index (κ2) is 8.60. The topological polar surface area (TPSA) is 88.9 Å². The molecule has 1 aliphatic rings. The number of hydrogen-bond donors (Lipinski definition) is 1. The van der Waals surface area contributed by atoms with Gasteiger partial charge in [-0.05, 0) is 61.1 Å². The van der Waals surface area contributed by atoms with Crippen LogP contribution in [0.1, 0.15) is 21.7 Å². The van der Waals surface area contributed by atoms with Crippen molar-refractivity contribution in [2.45, 2.75) is 6.92 Å². The summed E-state index contributed by atoms with van der Waals surface area (Å²) in [5.41, 5.74) is 2.49. The van der Waals surface area contributed by atoms with Gasteiger partial charge in [0.2, 0.25) is 0 Å². The van der Waals surface area contributed by atoms with Crippen molar-refractivity contribution >= 4 is 46.9 Å². The van der Waals surface area contributed by atoms with Crippen LogP contribution in [0.4, 0.5) is 5.69 Å². The number of anilines is 1. The number of amides is 2. The number of thiocarbonyl (C=S) groups is 1. The Balaban J connectivity index is 1.63. The summed E-state index contributed by atoms with van der Waals surface area (Å²) in [4.78, 5) is 38.5. The molecule has 0 bridgehead atoms. The zero-order chi connectivity index (χ0) is 22.8. The van der Waals surface area contributed by atoms with Crippen LogP contribution in [0.2, 0.25) is 0 Å². The highest BCUT2D eigenvalue weighted by Gasteiger charge is 2.35. The number of benzene rings is 2. The van der Waals surface area contributed by atoms with E-state index in [9.17, 15) is 14.4 Å². The van der Waals surface area contributed by atoms with Gasteiger partial charge in [-0.1, -0.05) is 30.3 Å². The summed E-state index contributed by atoms with van der Waals surface area (Å²) in [6.07, 6.45) is 1.39. The Morgan fingerprint density at radius 2 is 1.78 bits per heavy atom. The summed E-state index contributed by atoms with van der Waals surface area (Å²) in [5.74, 6) is -0.714. The van der Waals surface area contributed by atoms with Gasteiger partial charge in [-0.3, -0.25) is 19.8 Å². The van der Waals surface area contributed by atoms with Gasteiger partial charge in [0.1, 0.15) is 17.1 Å². The van der Waals surface area contributed by atoms with Crippen molar-refractivity contribution in [3.63, 3.8) is 0 Å². The highest BCUT2D eigenvalue weighted by Crippen LogP contribution is 2.27. The fourth-order valence-corrected chi connectivity index (χ4v) is 3.58. The quantitative estimate of drug-likeness (QED) is 0.283. The molecule has 160 valence electrons. The molecule has 4 rings (SSSR count). The molecule has 1 saturated heterocycles. The predicted octanol–water partition coefficient (Wildman–Crippen LogP) is 3.87. The molecule has 8 heteroatoms. The average molecular weight is 446 g/mol. The zero-order valence-electron chi connectivity index (χ0n) is 17.2. The van der Waals surface area contributed by atoms with Gasteiger partial charge in [-0.2, -0.15) is 0 Å². The van der Waals surface area contributed by atoms with Gasteiger partial charge in [0, 0.05) is 5.56 Å². The number of esters is 1. The van der Waals surface area contributed by atoms with Crippen LogP contribution in [0.25, 0.3) is 17.4 Å². The number of nitrogens with zero attached hydrogens (tertiary/aromatic N) is 1. The average Bonchev–Trinajstić information content (AvgIpc) is 3.26. The Hall–Kier alpha value is -4.04. The first kappa shape index (κ1) is 21.2. The number of nitrogens with one attached hydrogen (secondary N) is 1. The molecule has 0 saturated carbocycles. The van der Waals surface area contributed by atoms with E-state index in [1.54, 1.807) is 48.5 Å². The van der Waals surface area contributed by atoms with E-state index in [0.29, 0.717) is 22.8 Å². The number of carbonyl (C=O) groups is 3. The molecule has 0 radical (unpaired) electrons. The van der Waals surface area contributed by atoms with Crippen molar-refractivity contribution in [3.05, 3.63) is 83.1 Å². The maximum atomic E-state index is 13.1. The maximum Gasteiger partial charge on any atom is 0.337 e. The first-order valence-corrected chi connectivity index (χ1v) is 10.1. The standard InChI is InChI=1S/C24H18N2O5S/c1-14-5-3-4-6-19(14)26-22(28)18(21(27)25-24(26)32)13-17-11-12-20(31-17)15-7-9-16(10-8-15)23(29)30-2/h3-13H,1-2H3,(H,25,27,32). The van der Waals surface area contributed by atoms with E-state index in [1.165, 1.54) is 18.1 Å². The smallest absolute Gasteiger partial charge is 0.337 e. The third-order valence-corrected chi connectivity index (χ3v) is 5.25. The number of para-hydroxylation sites is 1. The minimum absolute atomic E-state index is 0.0253. The van der Waals surface area contributed by atoms with Crippen LogP contribution in [-0.4, -0.2) is 30.0 Å². The first-order chi connectivity index (χ1) is 15.4. The van der Waals surface area contributed by atoms with Gasteiger partial charge in [-0.15, -0.1) is 0 Å². The molecule has 0 unspecified atom stereocenters. The summed E-state index contributed by atoms with van der Waals surface area (Å²) < 4.78 is 10.5. The first-order valence-electron chi connectivity index (χ1n) is 9.64. The monoisotopic (exact) mass is 446 g/mol. The number of methoxy groups -OCH3 is 1. The Kier molecular flexibility index (Phi) is 5.70. The van der Waals surface area contributed by atoms with E-state index in [4.69, 9.17) is 21.4 Å². The molecule has 7 nitrogen and oxygen atoms in total. The molecule has 0 aliphatic carbocycles. The number of aryl methyl sites for hydroxylation is 1. The van der Waals surface area contributed by atoms with Crippen molar-refractivity contribution in [3.8, 4) is 11.3 Å². The third kappa shape index (κ3) is 3.95. The van der Waals surface area contributed by atoms with Crippen molar-refractivity contribution < 1.29 is 23.5 Å². The normalized spacial score (nSPS) is 15.1. The lowest BCUT2D eigenvalue weighted by Gasteiger charge is -2.29. The summed E-state index contributed by atoms with van der Waals surface area (Å²) in [5, 5.41) is 2.59. The fraction of sp³-hybridized carbons (Fsp3) is 0.0833. The molecule has 0 atom stereocenters. The lowest BCUT2D eigenvalue weighted by molar-refractivity contribution is -0.122. The third-order valence-electron chi connectivity index (χ3n) is 4.96. The Bertz CT molecular complexity index is 1270. The number of furan rings is 1. The molecule has 3 aromatic rings. The van der Waals surface area contributed by atoms with Crippen LogP contribution in [0.5, 0.6) is 0 Å².